The van der Waals surface area contributed by atoms with Gasteiger partial charge in [-0.3, -0.25) is 4.79 Å². The van der Waals surface area contributed by atoms with E-state index in [1.54, 1.807) is 0 Å². The van der Waals surface area contributed by atoms with Crippen molar-refractivity contribution in [3.63, 3.8) is 0 Å². The molecule has 42 heavy (non-hydrogen) atoms. The highest BCUT2D eigenvalue weighted by molar-refractivity contribution is 5.71. The molecular weight excluding hydrogens is 556 g/mol. The highest BCUT2D eigenvalue weighted by Crippen LogP contribution is 2.04. The van der Waals surface area contributed by atoms with Crippen molar-refractivity contribution in [2.24, 2.45) is 5.92 Å². The van der Waals surface area contributed by atoms with Gasteiger partial charge in [0.2, 0.25) is 0 Å². The Kier molecular flexibility index (Phi) is 35.4. The third-order valence-electron chi connectivity index (χ3n) is 5.53. The van der Waals surface area contributed by atoms with Gasteiger partial charge in [0.1, 0.15) is 0 Å². The van der Waals surface area contributed by atoms with E-state index in [0.29, 0.717) is 139 Å². The lowest BCUT2D eigenvalue weighted by Crippen LogP contribution is -2.15. The number of aliphatic hydroxyl groups is 1. The molecule has 0 aromatic carbocycles. The molecule has 0 amide bonds. The van der Waals surface area contributed by atoms with Crippen molar-refractivity contribution in [2.75, 3.05) is 145 Å². The van der Waals surface area contributed by atoms with E-state index in [1.807, 2.05) is 13.8 Å². The minimum atomic E-state index is -0.123. The lowest BCUT2D eigenvalue weighted by atomic mass is 10.1. The summed E-state index contributed by atoms with van der Waals surface area (Å²) in [6, 6.07) is 0. The Hall–Kier alpha value is -0.970. The van der Waals surface area contributed by atoms with Gasteiger partial charge in [0.05, 0.1) is 145 Å². The molecule has 0 spiro atoms. The molecular formula is C29H58O13. The smallest absolute Gasteiger partial charge is 0.308 e. The predicted octanol–water partition coefficient (Wildman–Crippen LogP) is 1.51. The summed E-state index contributed by atoms with van der Waals surface area (Å²) in [4.78, 5) is 11.5. The molecule has 0 aliphatic heterocycles. The molecule has 0 saturated heterocycles. The number of esters is 1. The summed E-state index contributed by atoms with van der Waals surface area (Å²) < 4.78 is 59.2. The first-order valence-electron chi connectivity index (χ1n) is 15.3. The van der Waals surface area contributed by atoms with Crippen molar-refractivity contribution in [1.29, 1.82) is 0 Å². The summed E-state index contributed by atoms with van der Waals surface area (Å²) >= 11 is 0. The Morgan fingerprint density at radius 2 is 0.714 bits per heavy atom. The zero-order valence-corrected chi connectivity index (χ0v) is 26.1. The number of carbonyl (C=O) groups is 1. The summed E-state index contributed by atoms with van der Waals surface area (Å²) in [5.41, 5.74) is 0. The lowest BCUT2D eigenvalue weighted by Gasteiger charge is -2.09. The van der Waals surface area contributed by atoms with Gasteiger partial charge in [-0.05, 0) is 19.3 Å². The average Bonchev–Trinajstić information content (AvgIpc) is 3.00. The molecule has 0 aromatic heterocycles. The lowest BCUT2D eigenvalue weighted by molar-refractivity contribution is -0.148. The highest BCUT2D eigenvalue weighted by Gasteiger charge is 2.10. The third kappa shape index (κ3) is 33.5. The summed E-state index contributed by atoms with van der Waals surface area (Å²) in [5.74, 6) is -0.154. The van der Waals surface area contributed by atoms with E-state index < -0.39 is 0 Å². The van der Waals surface area contributed by atoms with Gasteiger partial charge in [0.25, 0.3) is 0 Å². The van der Waals surface area contributed by atoms with Crippen LogP contribution < -0.4 is 0 Å². The molecule has 13 nitrogen and oxygen atoms in total. The van der Waals surface area contributed by atoms with E-state index in [4.69, 9.17) is 57.2 Å². The Bertz CT molecular complexity index is 528. The fourth-order valence-corrected chi connectivity index (χ4v) is 2.93. The monoisotopic (exact) mass is 614 g/mol. The van der Waals surface area contributed by atoms with E-state index in [2.05, 4.69) is 0 Å². The molecule has 13 heteroatoms. The fraction of sp³-hybridized carbons (Fsp3) is 0.966. The number of aliphatic hydroxyl groups excluding tert-OH is 1. The van der Waals surface area contributed by atoms with Crippen molar-refractivity contribution < 1.29 is 62.0 Å². The Morgan fingerprint density at radius 3 is 1.00 bits per heavy atom. The normalized spacial score (nSPS) is 12.2. The molecule has 1 N–H and O–H groups in total. The van der Waals surface area contributed by atoms with Crippen molar-refractivity contribution >= 4 is 5.97 Å². The van der Waals surface area contributed by atoms with Gasteiger partial charge in [0.15, 0.2) is 0 Å². The second kappa shape index (κ2) is 36.2. The van der Waals surface area contributed by atoms with E-state index in [1.165, 1.54) is 0 Å². The van der Waals surface area contributed by atoms with E-state index in [9.17, 15) is 4.79 Å². The van der Waals surface area contributed by atoms with Crippen LogP contribution in [0.3, 0.4) is 0 Å². The molecule has 0 aliphatic rings. The Morgan fingerprint density at radius 1 is 0.452 bits per heavy atom. The highest BCUT2D eigenvalue weighted by atomic mass is 16.6. The second-order valence-corrected chi connectivity index (χ2v) is 9.03. The summed E-state index contributed by atoms with van der Waals surface area (Å²) in [5, 5.41) is 8.57. The number of ether oxygens (including phenoxy) is 11. The number of unbranched alkanes of at least 4 members (excludes halogenated alkanes) is 1. The number of hydrogen-bond acceptors (Lipinski definition) is 13. The van der Waals surface area contributed by atoms with E-state index >= 15 is 0 Å². The van der Waals surface area contributed by atoms with Crippen LogP contribution in [0.2, 0.25) is 0 Å². The number of carbonyl (C=O) groups excluding carboxylic acids is 1. The second-order valence-electron chi connectivity index (χ2n) is 9.03. The van der Waals surface area contributed by atoms with Gasteiger partial charge in [-0.25, -0.2) is 0 Å². The molecule has 0 aliphatic carbocycles. The van der Waals surface area contributed by atoms with Crippen molar-refractivity contribution in [2.45, 2.75) is 33.1 Å². The topological polar surface area (TPSA) is 139 Å². The van der Waals surface area contributed by atoms with Crippen molar-refractivity contribution in [3.8, 4) is 0 Å². The van der Waals surface area contributed by atoms with Crippen LogP contribution in [-0.2, 0) is 56.9 Å². The van der Waals surface area contributed by atoms with Gasteiger partial charge >= 0.3 is 5.97 Å². The molecule has 252 valence electrons. The summed E-state index contributed by atoms with van der Waals surface area (Å²) in [6.45, 7) is 14.4. The predicted molar refractivity (Wildman–Crippen MR) is 155 cm³/mol. The molecule has 0 fully saturated rings. The van der Waals surface area contributed by atoms with E-state index in [-0.39, 0.29) is 18.5 Å². The Balaban J connectivity index is 3.07. The largest absolute Gasteiger partial charge is 0.465 e. The molecule has 0 radical (unpaired) electrons. The van der Waals surface area contributed by atoms with Gasteiger partial charge < -0.3 is 57.2 Å². The molecule has 0 rings (SSSR count). The van der Waals surface area contributed by atoms with Crippen LogP contribution >= 0.6 is 0 Å². The van der Waals surface area contributed by atoms with Crippen LogP contribution in [0.25, 0.3) is 0 Å². The molecule has 1 atom stereocenters. The maximum absolute atomic E-state index is 11.5. The standard InChI is InChI=1S/C29H58O13/c1-3-28(2)29(31)42-8-5-4-7-32-10-12-34-14-16-36-18-20-38-22-24-40-26-27-41-25-23-39-21-19-37-17-15-35-13-11-33-9-6-30/h28,30H,3-27H2,1-2H3. The first-order valence-corrected chi connectivity index (χ1v) is 15.3. The molecule has 1 unspecified atom stereocenters. The molecule has 0 bridgehead atoms. The molecule has 0 heterocycles. The number of rotatable bonds is 36. The van der Waals surface area contributed by atoms with Crippen LogP contribution in [0.15, 0.2) is 0 Å². The first-order chi connectivity index (χ1) is 20.7. The Labute approximate surface area is 252 Å². The maximum Gasteiger partial charge on any atom is 0.308 e. The zero-order valence-electron chi connectivity index (χ0n) is 26.1. The summed E-state index contributed by atoms with van der Waals surface area (Å²) in [7, 11) is 0. The van der Waals surface area contributed by atoms with Gasteiger partial charge in [0, 0.05) is 6.61 Å². The molecule has 0 aromatic rings. The van der Waals surface area contributed by atoms with Crippen LogP contribution in [0.1, 0.15) is 33.1 Å². The van der Waals surface area contributed by atoms with E-state index in [0.717, 1.165) is 19.3 Å². The van der Waals surface area contributed by atoms with Gasteiger partial charge in [-0.15, -0.1) is 0 Å². The van der Waals surface area contributed by atoms with Crippen LogP contribution in [0, 0.1) is 5.92 Å². The quantitative estimate of drug-likeness (QED) is 0.0807. The molecule has 0 saturated carbocycles. The summed E-state index contributed by atoms with van der Waals surface area (Å²) in [6.07, 6.45) is 2.46. The van der Waals surface area contributed by atoms with Crippen molar-refractivity contribution in [1.82, 2.24) is 0 Å². The third-order valence-corrected chi connectivity index (χ3v) is 5.53. The van der Waals surface area contributed by atoms with Crippen LogP contribution in [0.5, 0.6) is 0 Å². The first kappa shape index (κ1) is 41.0. The van der Waals surface area contributed by atoms with Crippen molar-refractivity contribution in [3.05, 3.63) is 0 Å². The average molecular weight is 615 g/mol. The minimum Gasteiger partial charge on any atom is -0.465 e. The minimum absolute atomic E-state index is 0.0243. The fourth-order valence-electron chi connectivity index (χ4n) is 2.93. The van der Waals surface area contributed by atoms with Crippen LogP contribution in [-0.4, -0.2) is 156 Å². The zero-order chi connectivity index (χ0) is 30.6. The number of hydrogen-bond donors (Lipinski definition) is 1. The maximum atomic E-state index is 11.5. The SMILES string of the molecule is CCC(C)C(=O)OCCCCOCCOCCOCCOCCOCCOCCOCCOCCOCCOCCO. The van der Waals surface area contributed by atoms with Gasteiger partial charge in [-0.1, -0.05) is 13.8 Å². The van der Waals surface area contributed by atoms with Crippen LogP contribution in [0.4, 0.5) is 0 Å². The van der Waals surface area contributed by atoms with Gasteiger partial charge in [-0.2, -0.15) is 0 Å².